The maximum Gasteiger partial charge on any atom is 0.245 e. The molecule has 8 heteroatoms. The summed E-state index contributed by atoms with van der Waals surface area (Å²) in [5, 5.41) is 17.7. The van der Waals surface area contributed by atoms with Crippen molar-refractivity contribution in [1.29, 1.82) is 0 Å². The SMILES string of the molecule is O=C1CNC(=O)[C@H](CO)NC(=O)[C@H](Cc2c[nH]c3ccccc23)N1. The van der Waals surface area contributed by atoms with Gasteiger partial charge < -0.3 is 26.0 Å². The number of nitrogens with one attached hydrogen (secondary N) is 4. The number of aromatic nitrogens is 1. The van der Waals surface area contributed by atoms with Crippen molar-refractivity contribution >= 4 is 28.6 Å². The predicted molar refractivity (Wildman–Crippen MR) is 86.0 cm³/mol. The number of carbonyl (C=O) groups excluding carboxylic acids is 3. The van der Waals surface area contributed by atoms with Crippen LogP contribution in [-0.4, -0.2) is 53.0 Å². The first-order valence-corrected chi connectivity index (χ1v) is 7.62. The highest BCUT2D eigenvalue weighted by molar-refractivity contribution is 5.96. The van der Waals surface area contributed by atoms with Crippen molar-refractivity contribution in [3.63, 3.8) is 0 Å². The van der Waals surface area contributed by atoms with Crippen molar-refractivity contribution in [3.05, 3.63) is 36.0 Å². The summed E-state index contributed by atoms with van der Waals surface area (Å²) in [5.41, 5.74) is 1.82. The number of para-hydroxylation sites is 1. The van der Waals surface area contributed by atoms with Gasteiger partial charge in [-0.15, -0.1) is 0 Å². The Balaban J connectivity index is 1.85. The molecule has 1 aromatic carbocycles. The number of rotatable bonds is 3. The Morgan fingerprint density at radius 2 is 1.83 bits per heavy atom. The highest BCUT2D eigenvalue weighted by Crippen LogP contribution is 2.19. The van der Waals surface area contributed by atoms with Gasteiger partial charge in [0.05, 0.1) is 13.2 Å². The molecule has 0 spiro atoms. The van der Waals surface area contributed by atoms with Crippen LogP contribution in [0.15, 0.2) is 30.5 Å². The summed E-state index contributed by atoms with van der Waals surface area (Å²) in [6.07, 6.45) is 2.07. The van der Waals surface area contributed by atoms with Crippen LogP contribution >= 0.6 is 0 Å². The molecule has 5 N–H and O–H groups in total. The molecule has 0 saturated carbocycles. The molecule has 1 fully saturated rings. The number of hydrogen-bond acceptors (Lipinski definition) is 4. The van der Waals surface area contributed by atoms with Crippen LogP contribution in [0.3, 0.4) is 0 Å². The van der Waals surface area contributed by atoms with Gasteiger partial charge in [-0.2, -0.15) is 0 Å². The molecule has 2 aromatic rings. The zero-order valence-electron chi connectivity index (χ0n) is 12.8. The summed E-state index contributed by atoms with van der Waals surface area (Å²) in [7, 11) is 0. The van der Waals surface area contributed by atoms with Crippen LogP contribution in [0.1, 0.15) is 5.56 Å². The maximum absolute atomic E-state index is 12.4. The van der Waals surface area contributed by atoms with Crippen molar-refractivity contribution in [2.75, 3.05) is 13.2 Å². The molecule has 1 aliphatic rings. The lowest BCUT2D eigenvalue weighted by atomic mass is 10.0. The second kappa shape index (κ2) is 6.71. The minimum atomic E-state index is -1.07. The first-order valence-electron chi connectivity index (χ1n) is 7.62. The lowest BCUT2D eigenvalue weighted by Gasteiger charge is -2.19. The maximum atomic E-state index is 12.4. The second-order valence-electron chi connectivity index (χ2n) is 5.65. The molecule has 2 atom stereocenters. The van der Waals surface area contributed by atoms with Gasteiger partial charge >= 0.3 is 0 Å². The third kappa shape index (κ3) is 3.23. The van der Waals surface area contributed by atoms with Crippen LogP contribution < -0.4 is 16.0 Å². The van der Waals surface area contributed by atoms with E-state index in [1.165, 1.54) is 0 Å². The number of H-pyrrole nitrogens is 1. The van der Waals surface area contributed by atoms with Gasteiger partial charge in [-0.3, -0.25) is 14.4 Å². The van der Waals surface area contributed by atoms with E-state index in [2.05, 4.69) is 20.9 Å². The van der Waals surface area contributed by atoms with Gasteiger partial charge in [0.1, 0.15) is 12.1 Å². The lowest BCUT2D eigenvalue weighted by molar-refractivity contribution is -0.130. The van der Waals surface area contributed by atoms with Crippen LogP contribution in [0.2, 0.25) is 0 Å². The smallest absolute Gasteiger partial charge is 0.245 e. The highest BCUT2D eigenvalue weighted by Gasteiger charge is 2.29. The van der Waals surface area contributed by atoms with Gasteiger partial charge in [-0.25, -0.2) is 0 Å². The average molecular weight is 330 g/mol. The number of aromatic amines is 1. The summed E-state index contributed by atoms with van der Waals surface area (Å²) < 4.78 is 0. The van der Waals surface area contributed by atoms with Crippen LogP contribution in [0.4, 0.5) is 0 Å². The molecule has 1 saturated heterocycles. The van der Waals surface area contributed by atoms with Gasteiger partial charge in [0.15, 0.2) is 0 Å². The van der Waals surface area contributed by atoms with Crippen molar-refractivity contribution in [2.45, 2.75) is 18.5 Å². The number of aliphatic hydroxyl groups is 1. The topological polar surface area (TPSA) is 123 Å². The van der Waals surface area contributed by atoms with E-state index in [9.17, 15) is 19.5 Å². The summed E-state index contributed by atoms with van der Waals surface area (Å²) in [6.45, 7) is -0.778. The lowest BCUT2D eigenvalue weighted by Crippen LogP contribution is -2.52. The van der Waals surface area contributed by atoms with Gasteiger partial charge in [-0.05, 0) is 11.6 Å². The molecule has 24 heavy (non-hydrogen) atoms. The third-order valence-electron chi connectivity index (χ3n) is 3.99. The van der Waals surface area contributed by atoms with E-state index in [4.69, 9.17) is 0 Å². The molecule has 126 valence electrons. The molecule has 0 bridgehead atoms. The molecule has 3 rings (SSSR count). The first kappa shape index (κ1) is 16.0. The van der Waals surface area contributed by atoms with Gasteiger partial charge in [0, 0.05) is 23.5 Å². The Morgan fingerprint density at radius 3 is 2.62 bits per heavy atom. The zero-order valence-corrected chi connectivity index (χ0v) is 12.8. The zero-order chi connectivity index (χ0) is 17.1. The van der Waals surface area contributed by atoms with Crippen molar-refractivity contribution in [2.24, 2.45) is 0 Å². The van der Waals surface area contributed by atoms with Crippen LogP contribution in [0, 0.1) is 0 Å². The third-order valence-corrected chi connectivity index (χ3v) is 3.99. The Morgan fingerprint density at radius 1 is 1.04 bits per heavy atom. The molecule has 1 aromatic heterocycles. The number of amides is 3. The van der Waals surface area contributed by atoms with E-state index in [-0.39, 0.29) is 13.0 Å². The van der Waals surface area contributed by atoms with Crippen molar-refractivity contribution < 1.29 is 19.5 Å². The van der Waals surface area contributed by atoms with Gasteiger partial charge in [0.25, 0.3) is 0 Å². The number of aliphatic hydroxyl groups excluding tert-OH is 1. The fourth-order valence-electron chi connectivity index (χ4n) is 2.73. The van der Waals surface area contributed by atoms with Crippen LogP contribution in [-0.2, 0) is 20.8 Å². The number of carbonyl (C=O) groups is 3. The minimum absolute atomic E-state index is 0.241. The Hall–Kier alpha value is -2.87. The van der Waals surface area contributed by atoms with E-state index in [1.807, 2.05) is 24.3 Å². The fraction of sp³-hybridized carbons (Fsp3) is 0.312. The van der Waals surface area contributed by atoms with E-state index in [0.29, 0.717) is 0 Å². The number of benzene rings is 1. The Bertz CT molecular complexity index is 785. The van der Waals surface area contributed by atoms with Gasteiger partial charge in [-0.1, -0.05) is 18.2 Å². The van der Waals surface area contributed by atoms with Crippen molar-refractivity contribution in [3.8, 4) is 0 Å². The van der Waals surface area contributed by atoms with Gasteiger partial charge in [0.2, 0.25) is 17.7 Å². The Kier molecular flexibility index (Phi) is 4.48. The molecule has 1 aliphatic heterocycles. The fourth-order valence-corrected chi connectivity index (χ4v) is 2.73. The quantitative estimate of drug-likeness (QED) is 0.485. The summed E-state index contributed by atoms with van der Waals surface area (Å²) in [4.78, 5) is 39.2. The standard InChI is InChI=1S/C16H18N4O4/c21-8-13-15(23)18-7-14(22)19-12(16(24)20-13)5-9-6-17-11-4-2-1-3-10(9)11/h1-4,6,12-13,17,21H,5,7-8H2,(H,18,23)(H,19,22)(H,20,24)/t12-,13-/m0/s1. The number of hydrogen-bond donors (Lipinski definition) is 5. The van der Waals surface area contributed by atoms with Crippen LogP contribution in [0.25, 0.3) is 10.9 Å². The van der Waals surface area contributed by atoms with Crippen molar-refractivity contribution in [1.82, 2.24) is 20.9 Å². The molecule has 0 aliphatic carbocycles. The average Bonchev–Trinajstić information content (AvgIpc) is 3.00. The number of fused-ring (bicyclic) bond motifs is 1. The largest absolute Gasteiger partial charge is 0.394 e. The highest BCUT2D eigenvalue weighted by atomic mass is 16.3. The minimum Gasteiger partial charge on any atom is -0.394 e. The Labute approximate surface area is 137 Å². The summed E-state index contributed by atoms with van der Waals surface area (Å²) in [6, 6.07) is 5.74. The normalized spacial score (nSPS) is 22.1. The van der Waals surface area contributed by atoms with Crippen LogP contribution in [0.5, 0.6) is 0 Å². The molecule has 0 unspecified atom stereocenters. The monoisotopic (exact) mass is 330 g/mol. The molecular formula is C16H18N4O4. The summed E-state index contributed by atoms with van der Waals surface area (Å²) in [5.74, 6) is -1.56. The van der Waals surface area contributed by atoms with E-state index in [0.717, 1.165) is 16.5 Å². The van der Waals surface area contributed by atoms with E-state index in [1.54, 1.807) is 6.20 Å². The molecule has 8 nitrogen and oxygen atoms in total. The van der Waals surface area contributed by atoms with E-state index < -0.39 is 36.4 Å². The second-order valence-corrected chi connectivity index (χ2v) is 5.65. The molecular weight excluding hydrogens is 312 g/mol. The molecule has 2 heterocycles. The predicted octanol–water partition coefficient (Wildman–Crippen LogP) is -1.20. The first-order chi connectivity index (χ1) is 11.6. The molecule has 0 radical (unpaired) electrons. The summed E-state index contributed by atoms with van der Waals surface area (Å²) >= 11 is 0. The van der Waals surface area contributed by atoms with E-state index >= 15 is 0 Å². The molecule has 3 amide bonds.